The highest BCUT2D eigenvalue weighted by atomic mass is 32.2. The van der Waals surface area contributed by atoms with Gasteiger partial charge in [0.25, 0.3) is 0 Å². The molecule has 0 saturated carbocycles. The van der Waals surface area contributed by atoms with Gasteiger partial charge in [-0.3, -0.25) is 0 Å². The highest BCUT2D eigenvalue weighted by Gasteiger charge is 2.04. The summed E-state index contributed by atoms with van der Waals surface area (Å²) in [6, 6.07) is 9.04. The lowest BCUT2D eigenvalue weighted by atomic mass is 10.4. The summed E-state index contributed by atoms with van der Waals surface area (Å²) in [4.78, 5) is 0. The molecule has 0 aliphatic carbocycles. The van der Waals surface area contributed by atoms with Crippen molar-refractivity contribution in [3.05, 3.63) is 47.9 Å². The van der Waals surface area contributed by atoms with Crippen LogP contribution < -0.4 is 0 Å². The third kappa shape index (κ3) is 2.51. The van der Waals surface area contributed by atoms with E-state index in [0.29, 0.717) is 0 Å². The van der Waals surface area contributed by atoms with Crippen molar-refractivity contribution in [2.24, 2.45) is 0 Å². The van der Waals surface area contributed by atoms with Crippen molar-refractivity contribution >= 4 is 9.84 Å². The molecule has 2 nitrogen and oxygen atoms in total. The summed E-state index contributed by atoms with van der Waals surface area (Å²) in [6.07, 6.45) is 0. The molecule has 1 rings (SSSR count). The molecule has 0 fully saturated rings. The molecular weight excluding hydrogens is 173 g/mol. The van der Waals surface area contributed by atoms with Gasteiger partial charge in [0.15, 0.2) is 9.84 Å². The Labute approximate surface area is 72.5 Å². The minimum Gasteiger partial charge on any atom is -0.224 e. The van der Waals surface area contributed by atoms with E-state index in [1.807, 2.05) is 18.2 Å². The maximum Gasteiger partial charge on any atom is 0.175 e. The molecule has 0 radical (unpaired) electrons. The predicted molar refractivity (Wildman–Crippen MR) is 49.3 cm³/mol. The van der Waals surface area contributed by atoms with Crippen molar-refractivity contribution in [3.8, 4) is 0 Å². The van der Waals surface area contributed by atoms with E-state index in [-0.39, 0.29) is 5.75 Å². The van der Waals surface area contributed by atoms with Crippen molar-refractivity contribution in [2.75, 3.05) is 0 Å². The van der Waals surface area contributed by atoms with Gasteiger partial charge in [-0.15, -0.1) is 0 Å². The fourth-order valence-corrected chi connectivity index (χ4v) is 1.64. The second-order valence-electron chi connectivity index (χ2n) is 2.46. The quantitative estimate of drug-likeness (QED) is 0.715. The van der Waals surface area contributed by atoms with Gasteiger partial charge in [-0.2, -0.15) is 0 Å². The van der Waals surface area contributed by atoms with Crippen molar-refractivity contribution < 1.29 is 8.42 Å². The number of hydrogen-bond acceptors (Lipinski definition) is 2. The van der Waals surface area contributed by atoms with Crippen LogP contribution in [0.25, 0.3) is 0 Å². The zero-order chi connectivity index (χ0) is 9.03. The van der Waals surface area contributed by atoms with E-state index in [2.05, 4.69) is 6.58 Å². The van der Waals surface area contributed by atoms with Gasteiger partial charge in [-0.1, -0.05) is 36.9 Å². The van der Waals surface area contributed by atoms with Crippen molar-refractivity contribution in [1.82, 2.24) is 0 Å². The van der Waals surface area contributed by atoms with E-state index in [9.17, 15) is 8.42 Å². The van der Waals surface area contributed by atoms with Gasteiger partial charge in [0.05, 0.1) is 5.75 Å². The zero-order valence-electron chi connectivity index (χ0n) is 6.60. The molecule has 0 saturated heterocycles. The van der Waals surface area contributed by atoms with E-state index < -0.39 is 9.84 Å². The molecule has 12 heavy (non-hydrogen) atoms. The van der Waals surface area contributed by atoms with Crippen LogP contribution in [0.3, 0.4) is 0 Å². The maximum atomic E-state index is 11.1. The molecule has 0 heterocycles. The van der Waals surface area contributed by atoms with E-state index >= 15 is 0 Å². The first-order chi connectivity index (χ1) is 5.64. The molecular formula is C9H10O2S. The molecule has 0 amide bonds. The Morgan fingerprint density at radius 2 is 1.83 bits per heavy atom. The van der Waals surface area contributed by atoms with Gasteiger partial charge in [0.1, 0.15) is 0 Å². The molecule has 1 aromatic rings. The van der Waals surface area contributed by atoms with Crippen molar-refractivity contribution in [1.29, 1.82) is 0 Å². The summed E-state index contributed by atoms with van der Waals surface area (Å²) in [5.74, 6) is 0.0390. The lowest BCUT2D eigenvalue weighted by Crippen LogP contribution is -1.98. The normalized spacial score (nSPS) is 11.0. The Bertz CT molecular complexity index is 351. The number of hydrogen-bond donors (Lipinski definition) is 0. The number of sulfone groups is 1. The second kappa shape index (κ2) is 3.54. The largest absolute Gasteiger partial charge is 0.224 e. The van der Waals surface area contributed by atoms with Crippen LogP contribution in [0.4, 0.5) is 0 Å². The summed E-state index contributed by atoms with van der Waals surface area (Å²) < 4.78 is 22.1. The first kappa shape index (κ1) is 9.00. The third-order valence-corrected chi connectivity index (χ3v) is 2.71. The average molecular weight is 183 g/mol. The smallest absolute Gasteiger partial charge is 0.175 e. The fourth-order valence-electron chi connectivity index (χ4n) is 0.865. The third-order valence-electron chi connectivity index (χ3n) is 1.46. The molecule has 0 aromatic heterocycles. The Balaban J connectivity index is 2.85. The molecule has 0 aliphatic rings. The minimum atomic E-state index is -3.11. The van der Waals surface area contributed by atoms with Crippen LogP contribution in [0.2, 0.25) is 0 Å². The van der Waals surface area contributed by atoms with Crippen LogP contribution in [0.5, 0.6) is 0 Å². The lowest BCUT2D eigenvalue weighted by Gasteiger charge is -1.97. The predicted octanol–water partition coefficient (Wildman–Crippen LogP) is 1.74. The SMILES string of the molecule is C=CS(=O)(=O)C[13c]1ccccc1. The van der Waals surface area contributed by atoms with E-state index in [1.165, 1.54) is 0 Å². The topological polar surface area (TPSA) is 34.1 Å². The average Bonchev–Trinajstić information content (AvgIpc) is 2.06. The van der Waals surface area contributed by atoms with Crippen LogP contribution in [-0.2, 0) is 15.6 Å². The molecule has 1 aromatic carbocycles. The first-order valence-electron chi connectivity index (χ1n) is 3.53. The first-order valence-corrected chi connectivity index (χ1v) is 5.25. The van der Waals surface area contributed by atoms with Gasteiger partial charge in [-0.25, -0.2) is 8.42 Å². The minimum absolute atomic E-state index is 0.0390. The van der Waals surface area contributed by atoms with Gasteiger partial charge in [-0.05, 0) is 5.56 Å². The zero-order valence-corrected chi connectivity index (χ0v) is 7.42. The van der Waals surface area contributed by atoms with Gasteiger partial charge in [0.2, 0.25) is 0 Å². The summed E-state index contributed by atoms with van der Waals surface area (Å²) in [5.41, 5.74) is 0.789. The Morgan fingerprint density at radius 3 is 2.33 bits per heavy atom. The molecule has 0 atom stereocenters. The molecule has 0 unspecified atom stereocenters. The molecule has 3 heteroatoms. The van der Waals surface area contributed by atoms with Crippen LogP contribution in [0.15, 0.2) is 42.3 Å². The van der Waals surface area contributed by atoms with Crippen LogP contribution >= 0.6 is 0 Å². The monoisotopic (exact) mass is 183 g/mol. The molecule has 0 bridgehead atoms. The molecule has 0 N–H and O–H groups in total. The summed E-state index contributed by atoms with van der Waals surface area (Å²) in [6.45, 7) is 3.24. The second-order valence-corrected chi connectivity index (χ2v) is 4.41. The highest BCUT2D eigenvalue weighted by molar-refractivity contribution is 7.93. The molecule has 0 spiro atoms. The molecule has 64 valence electrons. The summed E-state index contributed by atoms with van der Waals surface area (Å²) >= 11 is 0. The van der Waals surface area contributed by atoms with E-state index in [4.69, 9.17) is 0 Å². The van der Waals surface area contributed by atoms with Gasteiger partial charge >= 0.3 is 0 Å². The van der Waals surface area contributed by atoms with Crippen molar-refractivity contribution in [3.63, 3.8) is 0 Å². The van der Waals surface area contributed by atoms with Crippen LogP contribution in [0.1, 0.15) is 5.56 Å². The van der Waals surface area contributed by atoms with Crippen LogP contribution in [-0.4, -0.2) is 8.42 Å². The Morgan fingerprint density at radius 1 is 1.25 bits per heavy atom. The van der Waals surface area contributed by atoms with Gasteiger partial charge < -0.3 is 0 Å². The number of rotatable bonds is 3. The highest BCUT2D eigenvalue weighted by Crippen LogP contribution is 2.05. The Hall–Kier alpha value is -1.09. The fraction of sp³-hybridized carbons (Fsp3) is 0.111. The lowest BCUT2D eigenvalue weighted by molar-refractivity contribution is 0.604. The maximum absolute atomic E-state index is 11.1. The van der Waals surface area contributed by atoms with Crippen LogP contribution in [0, 0.1) is 0 Å². The standard InChI is InChI=1S/C9H10O2S/c1-2-12(10,11)8-9-6-4-3-5-7-9/h2-7H,1,8H2/i9+1. The summed E-state index contributed by atoms with van der Waals surface area (Å²) in [5, 5.41) is 0.986. The summed E-state index contributed by atoms with van der Waals surface area (Å²) in [7, 11) is -3.11. The number of benzene rings is 1. The van der Waals surface area contributed by atoms with Gasteiger partial charge in [0, 0.05) is 5.41 Å². The molecule has 0 aliphatic heterocycles. The van der Waals surface area contributed by atoms with E-state index in [0.717, 1.165) is 11.0 Å². The van der Waals surface area contributed by atoms with E-state index in [1.54, 1.807) is 12.1 Å². The Kier molecular flexibility index (Phi) is 2.65. The van der Waals surface area contributed by atoms with Crippen molar-refractivity contribution in [2.45, 2.75) is 5.75 Å².